The van der Waals surface area contributed by atoms with Crippen molar-refractivity contribution in [2.75, 3.05) is 0 Å². The number of benzene rings is 2. The second-order valence-electron chi connectivity index (χ2n) is 3.86. The van der Waals surface area contributed by atoms with E-state index in [0.717, 1.165) is 5.56 Å². The Morgan fingerprint density at radius 1 is 1.12 bits per heavy atom. The average Bonchev–Trinajstić information content (AvgIpc) is 2.29. The van der Waals surface area contributed by atoms with E-state index in [1.54, 1.807) is 24.3 Å². The maximum atomic E-state index is 12.1. The lowest BCUT2D eigenvalue weighted by Gasteiger charge is -2.04. The van der Waals surface area contributed by atoms with Gasteiger partial charge in [0.25, 0.3) is 0 Å². The van der Waals surface area contributed by atoms with E-state index < -0.39 is 0 Å². The van der Waals surface area contributed by atoms with Crippen molar-refractivity contribution in [3.05, 3.63) is 64.2 Å². The van der Waals surface area contributed by atoms with Gasteiger partial charge < -0.3 is 5.11 Å². The molecule has 0 heterocycles. The van der Waals surface area contributed by atoms with Crippen LogP contribution in [0.25, 0.3) is 0 Å². The van der Waals surface area contributed by atoms with E-state index in [4.69, 9.17) is 16.7 Å². The predicted molar refractivity (Wildman–Crippen MR) is 67.7 cm³/mol. The van der Waals surface area contributed by atoms with Gasteiger partial charge in [-0.05, 0) is 48.9 Å². The van der Waals surface area contributed by atoms with Crippen molar-refractivity contribution in [2.24, 2.45) is 0 Å². The molecule has 1 N–H and O–H groups in total. The van der Waals surface area contributed by atoms with Crippen LogP contribution in [0.15, 0.2) is 42.5 Å². The zero-order valence-corrected chi connectivity index (χ0v) is 10.0. The predicted octanol–water partition coefficient (Wildman–Crippen LogP) is 3.59. The molecule has 0 aliphatic carbocycles. The molecule has 0 fully saturated rings. The summed E-state index contributed by atoms with van der Waals surface area (Å²) in [6.07, 6.45) is 0. The second kappa shape index (κ2) is 4.60. The quantitative estimate of drug-likeness (QED) is 0.823. The number of aryl methyl sites for hydroxylation is 1. The zero-order valence-electron chi connectivity index (χ0n) is 9.27. The standard InChI is InChI=1S/C14H11ClO2/c1-9-2-7-12(13(15)8-9)14(17)10-3-5-11(16)6-4-10/h2-8,16H,1H3. The summed E-state index contributed by atoms with van der Waals surface area (Å²) < 4.78 is 0. The molecule has 17 heavy (non-hydrogen) atoms. The SMILES string of the molecule is Cc1ccc(C(=O)c2ccc(O)cc2)c(Cl)c1. The number of hydrogen-bond donors (Lipinski definition) is 1. The van der Waals surface area contributed by atoms with E-state index in [9.17, 15) is 4.79 Å². The minimum absolute atomic E-state index is 0.136. The van der Waals surface area contributed by atoms with Gasteiger partial charge in [-0.1, -0.05) is 17.7 Å². The number of hydrogen-bond acceptors (Lipinski definition) is 2. The van der Waals surface area contributed by atoms with Crippen LogP contribution in [0.1, 0.15) is 21.5 Å². The van der Waals surface area contributed by atoms with Crippen LogP contribution in [0.4, 0.5) is 0 Å². The van der Waals surface area contributed by atoms with Crippen molar-refractivity contribution in [3.63, 3.8) is 0 Å². The number of rotatable bonds is 2. The number of carbonyl (C=O) groups excluding carboxylic acids is 1. The normalized spacial score (nSPS) is 10.2. The minimum atomic E-state index is -0.144. The minimum Gasteiger partial charge on any atom is -0.508 e. The van der Waals surface area contributed by atoms with Crippen molar-refractivity contribution >= 4 is 17.4 Å². The van der Waals surface area contributed by atoms with Crippen molar-refractivity contribution in [1.29, 1.82) is 0 Å². The van der Waals surface area contributed by atoms with Crippen molar-refractivity contribution in [2.45, 2.75) is 6.92 Å². The first-order valence-corrected chi connectivity index (χ1v) is 5.55. The first-order valence-electron chi connectivity index (χ1n) is 5.18. The molecule has 0 saturated heterocycles. The van der Waals surface area contributed by atoms with E-state index in [1.807, 2.05) is 13.0 Å². The monoisotopic (exact) mass is 246 g/mol. The summed E-state index contributed by atoms with van der Waals surface area (Å²) in [7, 11) is 0. The van der Waals surface area contributed by atoms with Gasteiger partial charge in [0.15, 0.2) is 5.78 Å². The van der Waals surface area contributed by atoms with Crippen molar-refractivity contribution < 1.29 is 9.90 Å². The lowest BCUT2D eigenvalue weighted by Crippen LogP contribution is -2.01. The molecule has 2 aromatic carbocycles. The summed E-state index contributed by atoms with van der Waals surface area (Å²) in [5.74, 6) is -0.00782. The Bertz CT molecular complexity index is 559. The summed E-state index contributed by atoms with van der Waals surface area (Å²) >= 11 is 6.04. The van der Waals surface area contributed by atoms with Crippen molar-refractivity contribution in [1.82, 2.24) is 0 Å². The summed E-state index contributed by atoms with van der Waals surface area (Å²) in [5, 5.41) is 9.61. The molecule has 0 bridgehead atoms. The molecular formula is C14H11ClO2. The second-order valence-corrected chi connectivity index (χ2v) is 4.27. The largest absolute Gasteiger partial charge is 0.508 e. The number of ketones is 1. The highest BCUT2D eigenvalue weighted by molar-refractivity contribution is 6.35. The van der Waals surface area contributed by atoms with Gasteiger partial charge in [-0.15, -0.1) is 0 Å². The molecule has 0 amide bonds. The first-order chi connectivity index (χ1) is 8.08. The fraction of sp³-hybridized carbons (Fsp3) is 0.0714. The number of phenols is 1. The lowest BCUT2D eigenvalue weighted by molar-refractivity contribution is 0.103. The van der Waals surface area contributed by atoms with Gasteiger partial charge in [0.1, 0.15) is 5.75 Å². The van der Waals surface area contributed by atoms with Crippen LogP contribution in [-0.2, 0) is 0 Å². The number of halogens is 1. The Balaban J connectivity index is 2.40. The van der Waals surface area contributed by atoms with E-state index in [0.29, 0.717) is 16.1 Å². The summed E-state index contributed by atoms with van der Waals surface area (Å²) in [4.78, 5) is 12.1. The third-order valence-electron chi connectivity index (χ3n) is 2.50. The maximum Gasteiger partial charge on any atom is 0.194 e. The molecule has 0 radical (unpaired) electrons. The van der Waals surface area contributed by atoms with E-state index >= 15 is 0 Å². The Hall–Kier alpha value is -1.80. The fourth-order valence-electron chi connectivity index (χ4n) is 1.57. The van der Waals surface area contributed by atoms with Crippen LogP contribution in [-0.4, -0.2) is 10.9 Å². The van der Waals surface area contributed by atoms with Crippen LogP contribution in [0.3, 0.4) is 0 Å². The van der Waals surface area contributed by atoms with E-state index in [1.165, 1.54) is 12.1 Å². The third kappa shape index (κ3) is 2.48. The van der Waals surface area contributed by atoms with Crippen LogP contribution >= 0.6 is 11.6 Å². The Morgan fingerprint density at radius 2 is 1.76 bits per heavy atom. The number of carbonyl (C=O) groups is 1. The van der Waals surface area contributed by atoms with Gasteiger partial charge in [-0.3, -0.25) is 4.79 Å². The molecular weight excluding hydrogens is 236 g/mol. The highest BCUT2D eigenvalue weighted by Crippen LogP contribution is 2.21. The molecule has 0 spiro atoms. The molecule has 86 valence electrons. The summed E-state index contributed by atoms with van der Waals surface area (Å²) in [6.45, 7) is 1.92. The van der Waals surface area contributed by atoms with Gasteiger partial charge >= 0.3 is 0 Å². The van der Waals surface area contributed by atoms with E-state index in [2.05, 4.69) is 0 Å². The molecule has 0 atom stereocenters. The number of aromatic hydroxyl groups is 1. The number of phenolic OH excluding ortho intramolecular Hbond substituents is 1. The van der Waals surface area contributed by atoms with Crippen LogP contribution in [0.2, 0.25) is 5.02 Å². The molecule has 0 aliphatic heterocycles. The first kappa shape index (κ1) is 11.7. The summed E-state index contributed by atoms with van der Waals surface area (Å²) in [5.41, 5.74) is 1.99. The molecule has 2 aromatic rings. The average molecular weight is 247 g/mol. The fourth-order valence-corrected chi connectivity index (χ4v) is 1.89. The van der Waals surface area contributed by atoms with Gasteiger partial charge in [0, 0.05) is 11.1 Å². The third-order valence-corrected chi connectivity index (χ3v) is 2.81. The Kier molecular flexibility index (Phi) is 3.16. The van der Waals surface area contributed by atoms with Crippen LogP contribution in [0.5, 0.6) is 5.75 Å². The van der Waals surface area contributed by atoms with E-state index in [-0.39, 0.29) is 11.5 Å². The maximum absolute atomic E-state index is 12.1. The highest BCUT2D eigenvalue weighted by Gasteiger charge is 2.12. The molecule has 2 rings (SSSR count). The molecule has 0 saturated carbocycles. The lowest BCUT2D eigenvalue weighted by atomic mass is 10.0. The molecule has 3 heteroatoms. The van der Waals surface area contributed by atoms with Crippen LogP contribution < -0.4 is 0 Å². The Morgan fingerprint density at radius 3 is 2.35 bits per heavy atom. The molecule has 0 aromatic heterocycles. The van der Waals surface area contributed by atoms with Gasteiger partial charge in [0.05, 0.1) is 5.02 Å². The highest BCUT2D eigenvalue weighted by atomic mass is 35.5. The Labute approximate surface area is 104 Å². The van der Waals surface area contributed by atoms with Crippen LogP contribution in [0, 0.1) is 6.92 Å². The van der Waals surface area contributed by atoms with Gasteiger partial charge in [0.2, 0.25) is 0 Å². The smallest absolute Gasteiger partial charge is 0.194 e. The zero-order chi connectivity index (χ0) is 12.4. The van der Waals surface area contributed by atoms with Gasteiger partial charge in [-0.2, -0.15) is 0 Å². The van der Waals surface area contributed by atoms with Gasteiger partial charge in [-0.25, -0.2) is 0 Å². The summed E-state index contributed by atoms with van der Waals surface area (Å²) in [6, 6.07) is 11.4. The topological polar surface area (TPSA) is 37.3 Å². The molecule has 2 nitrogen and oxygen atoms in total. The van der Waals surface area contributed by atoms with Crippen molar-refractivity contribution in [3.8, 4) is 5.75 Å². The molecule has 0 unspecified atom stereocenters. The molecule has 0 aliphatic rings.